The van der Waals surface area contributed by atoms with Crippen molar-refractivity contribution in [1.29, 1.82) is 0 Å². The predicted octanol–water partition coefficient (Wildman–Crippen LogP) is 1.99. The molecule has 2 rings (SSSR count). The molecule has 0 saturated carbocycles. The van der Waals surface area contributed by atoms with Crippen LogP contribution in [-0.4, -0.2) is 28.4 Å². The molecule has 1 saturated heterocycles. The van der Waals surface area contributed by atoms with E-state index in [1.165, 1.54) is 0 Å². The molecule has 1 aromatic carbocycles. The quantitative estimate of drug-likeness (QED) is 0.888. The molecule has 0 radical (unpaired) electrons. The van der Waals surface area contributed by atoms with Gasteiger partial charge in [0.05, 0.1) is 12.0 Å². The largest absolute Gasteiger partial charge is 0.481 e. The molecular formula is C14H17NO3. The lowest BCUT2D eigenvalue weighted by atomic mass is 9.93. The summed E-state index contributed by atoms with van der Waals surface area (Å²) in [6, 6.07) is 7.39. The maximum atomic E-state index is 11.9. The van der Waals surface area contributed by atoms with Gasteiger partial charge in [-0.25, -0.2) is 0 Å². The molecule has 0 unspecified atom stereocenters. The maximum absolute atomic E-state index is 11.9. The Morgan fingerprint density at radius 1 is 1.50 bits per heavy atom. The Morgan fingerprint density at radius 2 is 2.22 bits per heavy atom. The van der Waals surface area contributed by atoms with Crippen LogP contribution in [0.15, 0.2) is 24.3 Å². The van der Waals surface area contributed by atoms with Crippen molar-refractivity contribution < 1.29 is 14.7 Å². The smallest absolute Gasteiger partial charge is 0.309 e. The summed E-state index contributed by atoms with van der Waals surface area (Å²) in [5.74, 6) is -1.61. The number of carbonyl (C=O) groups excluding carboxylic acids is 1. The van der Waals surface area contributed by atoms with E-state index in [9.17, 15) is 14.7 Å². The summed E-state index contributed by atoms with van der Waals surface area (Å²) in [7, 11) is 0. The number of hydrogen-bond acceptors (Lipinski definition) is 2. The Labute approximate surface area is 106 Å². The summed E-state index contributed by atoms with van der Waals surface area (Å²) in [5.41, 5.74) is 1.99. The van der Waals surface area contributed by atoms with Crippen LogP contribution >= 0.6 is 0 Å². The van der Waals surface area contributed by atoms with Gasteiger partial charge in [-0.3, -0.25) is 9.59 Å². The number of carboxylic acid groups (broad SMARTS) is 1. The van der Waals surface area contributed by atoms with Crippen LogP contribution in [0.2, 0.25) is 0 Å². The topological polar surface area (TPSA) is 57.6 Å². The van der Waals surface area contributed by atoms with Gasteiger partial charge in [-0.15, -0.1) is 0 Å². The van der Waals surface area contributed by atoms with Gasteiger partial charge < -0.3 is 10.0 Å². The summed E-state index contributed by atoms with van der Waals surface area (Å²) < 4.78 is 0. The normalized spacial score (nSPS) is 23.4. The molecule has 4 nitrogen and oxygen atoms in total. The van der Waals surface area contributed by atoms with Crippen LogP contribution in [0.1, 0.15) is 30.5 Å². The second-order valence-corrected chi connectivity index (χ2v) is 4.69. The Hall–Kier alpha value is -1.84. The van der Waals surface area contributed by atoms with Crippen molar-refractivity contribution in [1.82, 2.24) is 4.90 Å². The van der Waals surface area contributed by atoms with Crippen LogP contribution in [0, 0.1) is 12.8 Å². The van der Waals surface area contributed by atoms with Crippen LogP contribution in [0.25, 0.3) is 0 Å². The minimum absolute atomic E-state index is 0.0728. The summed E-state index contributed by atoms with van der Waals surface area (Å²) in [6.07, 6.45) is 0.0990. The fourth-order valence-corrected chi connectivity index (χ4v) is 2.65. The average molecular weight is 247 g/mol. The summed E-state index contributed by atoms with van der Waals surface area (Å²) in [4.78, 5) is 24.8. The van der Waals surface area contributed by atoms with Crippen LogP contribution in [0.3, 0.4) is 0 Å². The number of hydrogen-bond donors (Lipinski definition) is 1. The van der Waals surface area contributed by atoms with Crippen molar-refractivity contribution in [3.8, 4) is 0 Å². The number of likely N-dealkylation sites (tertiary alicyclic amines) is 1. The molecule has 1 heterocycles. The highest BCUT2D eigenvalue weighted by atomic mass is 16.4. The van der Waals surface area contributed by atoms with Crippen molar-refractivity contribution in [2.24, 2.45) is 5.92 Å². The zero-order valence-corrected chi connectivity index (χ0v) is 10.6. The highest BCUT2D eigenvalue weighted by molar-refractivity contribution is 5.87. The molecule has 1 aromatic rings. The third-order valence-electron chi connectivity index (χ3n) is 3.47. The van der Waals surface area contributed by atoms with Crippen LogP contribution in [0.5, 0.6) is 0 Å². The molecule has 1 aliphatic heterocycles. The molecular weight excluding hydrogens is 230 g/mol. The van der Waals surface area contributed by atoms with Gasteiger partial charge >= 0.3 is 5.97 Å². The number of carbonyl (C=O) groups is 2. The molecule has 0 aromatic heterocycles. The molecule has 0 aliphatic carbocycles. The second kappa shape index (κ2) is 4.80. The first-order valence-electron chi connectivity index (χ1n) is 6.13. The van der Waals surface area contributed by atoms with Crippen molar-refractivity contribution in [2.45, 2.75) is 26.3 Å². The van der Waals surface area contributed by atoms with E-state index in [-0.39, 0.29) is 18.4 Å². The molecule has 0 bridgehead atoms. The van der Waals surface area contributed by atoms with Crippen LogP contribution in [0.4, 0.5) is 0 Å². The van der Waals surface area contributed by atoms with Crippen LogP contribution < -0.4 is 0 Å². The molecule has 4 heteroatoms. The van der Waals surface area contributed by atoms with E-state index in [2.05, 4.69) is 0 Å². The lowest BCUT2D eigenvalue weighted by Crippen LogP contribution is -2.30. The van der Waals surface area contributed by atoms with Crippen molar-refractivity contribution in [3.63, 3.8) is 0 Å². The van der Waals surface area contributed by atoms with E-state index < -0.39 is 11.9 Å². The lowest BCUT2D eigenvalue weighted by Gasteiger charge is -2.26. The zero-order chi connectivity index (χ0) is 13.3. The molecule has 1 aliphatic rings. The highest BCUT2D eigenvalue weighted by Gasteiger charge is 2.43. The summed E-state index contributed by atoms with van der Waals surface area (Å²) in [6.45, 7) is 4.39. The van der Waals surface area contributed by atoms with Gasteiger partial charge in [-0.05, 0) is 19.4 Å². The highest BCUT2D eigenvalue weighted by Crippen LogP contribution is 2.38. The first-order valence-corrected chi connectivity index (χ1v) is 6.13. The Bertz CT molecular complexity index is 484. The number of amides is 1. The first-order chi connectivity index (χ1) is 8.54. The van der Waals surface area contributed by atoms with Gasteiger partial charge in [-0.1, -0.05) is 29.8 Å². The Morgan fingerprint density at radius 3 is 2.78 bits per heavy atom. The fourth-order valence-electron chi connectivity index (χ4n) is 2.65. The number of nitrogens with zero attached hydrogens (tertiary/aromatic N) is 1. The third-order valence-corrected chi connectivity index (χ3v) is 3.47. The van der Waals surface area contributed by atoms with Crippen molar-refractivity contribution in [2.75, 3.05) is 6.54 Å². The second-order valence-electron chi connectivity index (χ2n) is 4.69. The minimum Gasteiger partial charge on any atom is -0.481 e. The van der Waals surface area contributed by atoms with E-state index in [1.54, 1.807) is 4.90 Å². The van der Waals surface area contributed by atoms with Gasteiger partial charge in [0.2, 0.25) is 5.91 Å². The van der Waals surface area contributed by atoms with Gasteiger partial charge in [0.25, 0.3) is 0 Å². The van der Waals surface area contributed by atoms with Gasteiger partial charge in [0.15, 0.2) is 0 Å². The maximum Gasteiger partial charge on any atom is 0.309 e. The monoisotopic (exact) mass is 247 g/mol. The predicted molar refractivity (Wildman–Crippen MR) is 67.0 cm³/mol. The van der Waals surface area contributed by atoms with Crippen molar-refractivity contribution >= 4 is 11.9 Å². The standard InChI is InChI=1S/C14H17NO3/c1-3-15-12(16)8-11(14(17)18)13(15)10-6-4-5-9(2)7-10/h4-7,11,13H,3,8H2,1-2H3,(H,17,18)/t11-,13-/m1/s1. The molecule has 18 heavy (non-hydrogen) atoms. The summed E-state index contributed by atoms with van der Waals surface area (Å²) >= 11 is 0. The lowest BCUT2D eigenvalue weighted by molar-refractivity contribution is -0.142. The molecule has 1 N–H and O–H groups in total. The molecule has 1 amide bonds. The molecule has 1 fully saturated rings. The molecule has 0 spiro atoms. The SMILES string of the molecule is CCN1C(=O)C[C@@H](C(=O)O)[C@H]1c1cccc(C)c1. The number of carboxylic acids is 1. The number of benzene rings is 1. The van der Waals surface area contributed by atoms with Gasteiger partial charge in [0, 0.05) is 13.0 Å². The van der Waals surface area contributed by atoms with E-state index in [1.807, 2.05) is 38.1 Å². The number of rotatable bonds is 3. The van der Waals surface area contributed by atoms with Crippen molar-refractivity contribution in [3.05, 3.63) is 35.4 Å². The summed E-state index contributed by atoms with van der Waals surface area (Å²) in [5, 5.41) is 9.27. The van der Waals surface area contributed by atoms with E-state index in [0.29, 0.717) is 6.54 Å². The van der Waals surface area contributed by atoms with E-state index >= 15 is 0 Å². The Balaban J connectivity index is 2.42. The van der Waals surface area contributed by atoms with Gasteiger partial charge in [0.1, 0.15) is 0 Å². The van der Waals surface area contributed by atoms with E-state index in [0.717, 1.165) is 11.1 Å². The number of aliphatic carboxylic acids is 1. The van der Waals surface area contributed by atoms with Gasteiger partial charge in [-0.2, -0.15) is 0 Å². The zero-order valence-electron chi connectivity index (χ0n) is 10.6. The Kier molecular flexibility index (Phi) is 3.36. The average Bonchev–Trinajstić information content (AvgIpc) is 2.66. The molecule has 2 atom stereocenters. The minimum atomic E-state index is -0.897. The van der Waals surface area contributed by atoms with E-state index in [4.69, 9.17) is 0 Å². The third kappa shape index (κ3) is 2.10. The fraction of sp³-hybridized carbons (Fsp3) is 0.429. The molecule has 96 valence electrons. The first kappa shape index (κ1) is 12.6. The van der Waals surface area contributed by atoms with Crippen LogP contribution in [-0.2, 0) is 9.59 Å². The number of aryl methyl sites for hydroxylation is 1.